The lowest BCUT2D eigenvalue weighted by Crippen LogP contribution is -2.32. The lowest BCUT2D eigenvalue weighted by Gasteiger charge is -2.10. The average molecular weight is 365 g/mol. The number of sulfonamides is 1. The van der Waals surface area contributed by atoms with Crippen molar-refractivity contribution in [3.8, 4) is 0 Å². The van der Waals surface area contributed by atoms with E-state index in [2.05, 4.69) is 15.0 Å². The van der Waals surface area contributed by atoms with Crippen LogP contribution in [0.5, 0.6) is 0 Å². The van der Waals surface area contributed by atoms with Crippen molar-refractivity contribution in [3.63, 3.8) is 0 Å². The molecule has 1 aromatic heterocycles. The van der Waals surface area contributed by atoms with Gasteiger partial charge in [-0.15, -0.1) is 0 Å². The highest BCUT2D eigenvalue weighted by molar-refractivity contribution is 7.93. The number of hydrogen-bond acceptors (Lipinski definition) is 5. The Morgan fingerprint density at radius 2 is 1.88 bits per heavy atom. The van der Waals surface area contributed by atoms with Gasteiger partial charge in [-0.3, -0.25) is 9.52 Å². The summed E-state index contributed by atoms with van der Waals surface area (Å²) in [6.07, 6.45) is 4.26. The summed E-state index contributed by atoms with van der Waals surface area (Å²) in [6.45, 7) is 1.71. The van der Waals surface area contributed by atoms with Gasteiger partial charge in [0.05, 0.1) is 10.6 Å². The monoisotopic (exact) mass is 365 g/mol. The maximum atomic E-state index is 12.4. The molecule has 0 atom stereocenters. The SMILES string of the molecule is Cc1nc(NS(=O)(=O)c2ccccc2)sc1C(=O)NC1CCCC1. The molecule has 1 heterocycles. The molecule has 1 fully saturated rings. The van der Waals surface area contributed by atoms with Gasteiger partial charge in [0.15, 0.2) is 5.13 Å². The van der Waals surface area contributed by atoms with Gasteiger partial charge in [-0.1, -0.05) is 42.4 Å². The van der Waals surface area contributed by atoms with Crippen molar-refractivity contribution in [2.75, 3.05) is 4.72 Å². The molecule has 3 rings (SSSR count). The highest BCUT2D eigenvalue weighted by atomic mass is 32.2. The summed E-state index contributed by atoms with van der Waals surface area (Å²) in [7, 11) is -3.70. The smallest absolute Gasteiger partial charge is 0.263 e. The van der Waals surface area contributed by atoms with Gasteiger partial charge >= 0.3 is 0 Å². The third-order valence-corrected chi connectivity index (χ3v) is 6.52. The fourth-order valence-electron chi connectivity index (χ4n) is 2.75. The molecule has 1 saturated carbocycles. The Labute approximate surface area is 145 Å². The summed E-state index contributed by atoms with van der Waals surface area (Å²) in [5.41, 5.74) is 0.529. The van der Waals surface area contributed by atoms with E-state index in [4.69, 9.17) is 0 Å². The number of hydrogen-bond donors (Lipinski definition) is 2. The van der Waals surface area contributed by atoms with Crippen LogP contribution in [-0.2, 0) is 10.0 Å². The predicted octanol–water partition coefficient (Wildman–Crippen LogP) is 2.92. The molecule has 8 heteroatoms. The molecule has 0 saturated heterocycles. The van der Waals surface area contributed by atoms with Crippen molar-refractivity contribution in [2.24, 2.45) is 0 Å². The number of carbonyl (C=O) groups is 1. The average Bonchev–Trinajstić information content (AvgIpc) is 3.17. The van der Waals surface area contributed by atoms with Crippen LogP contribution < -0.4 is 10.0 Å². The first-order valence-electron chi connectivity index (χ1n) is 7.82. The van der Waals surface area contributed by atoms with Crippen LogP contribution >= 0.6 is 11.3 Å². The largest absolute Gasteiger partial charge is 0.349 e. The van der Waals surface area contributed by atoms with Crippen LogP contribution in [0.2, 0.25) is 0 Å². The molecule has 0 unspecified atom stereocenters. The molecule has 0 aliphatic heterocycles. The molecular weight excluding hydrogens is 346 g/mol. The lowest BCUT2D eigenvalue weighted by atomic mass is 10.2. The Morgan fingerprint density at radius 3 is 2.54 bits per heavy atom. The number of nitrogens with zero attached hydrogens (tertiary/aromatic N) is 1. The van der Waals surface area contributed by atoms with Crippen molar-refractivity contribution in [3.05, 3.63) is 40.9 Å². The quantitative estimate of drug-likeness (QED) is 0.853. The van der Waals surface area contributed by atoms with Gasteiger partial charge in [-0.25, -0.2) is 13.4 Å². The second kappa shape index (κ2) is 6.90. The van der Waals surface area contributed by atoms with Crippen molar-refractivity contribution < 1.29 is 13.2 Å². The molecule has 24 heavy (non-hydrogen) atoms. The van der Waals surface area contributed by atoms with Crippen LogP contribution in [-0.4, -0.2) is 25.4 Å². The van der Waals surface area contributed by atoms with Crippen LogP contribution in [0.1, 0.15) is 41.0 Å². The number of aromatic nitrogens is 1. The van der Waals surface area contributed by atoms with Crippen LogP contribution in [0, 0.1) is 6.92 Å². The molecule has 1 aromatic carbocycles. The van der Waals surface area contributed by atoms with Crippen LogP contribution in [0.15, 0.2) is 35.2 Å². The zero-order valence-corrected chi connectivity index (χ0v) is 14.9. The Kier molecular flexibility index (Phi) is 4.86. The second-order valence-corrected chi connectivity index (χ2v) is 8.49. The zero-order chi connectivity index (χ0) is 17.2. The summed E-state index contributed by atoms with van der Waals surface area (Å²) in [5.74, 6) is -0.179. The molecule has 6 nitrogen and oxygen atoms in total. The summed E-state index contributed by atoms with van der Waals surface area (Å²) < 4.78 is 27.1. The fraction of sp³-hybridized carbons (Fsp3) is 0.375. The second-order valence-electron chi connectivity index (χ2n) is 5.81. The highest BCUT2D eigenvalue weighted by Crippen LogP contribution is 2.26. The molecular formula is C16H19N3O3S2. The molecule has 2 aromatic rings. The standard InChI is InChI=1S/C16H19N3O3S2/c1-11-14(15(20)18-12-7-5-6-8-12)23-16(17-11)19-24(21,22)13-9-3-2-4-10-13/h2-4,9-10,12H,5-8H2,1H3,(H,17,19)(H,18,20). The van der Waals surface area contributed by atoms with E-state index in [1.165, 1.54) is 12.1 Å². The number of anilines is 1. The van der Waals surface area contributed by atoms with Crippen LogP contribution in [0.4, 0.5) is 5.13 Å². The number of amides is 1. The van der Waals surface area contributed by atoms with Gasteiger partial charge in [0.2, 0.25) is 0 Å². The molecule has 128 valence electrons. The molecule has 0 bridgehead atoms. The predicted molar refractivity (Wildman–Crippen MR) is 93.8 cm³/mol. The minimum Gasteiger partial charge on any atom is -0.349 e. The van der Waals surface area contributed by atoms with Crippen molar-refractivity contribution >= 4 is 32.4 Å². The van der Waals surface area contributed by atoms with Crippen LogP contribution in [0.25, 0.3) is 0 Å². The summed E-state index contributed by atoms with van der Waals surface area (Å²) >= 11 is 1.06. The third kappa shape index (κ3) is 3.76. The van der Waals surface area contributed by atoms with Gasteiger partial charge in [0.1, 0.15) is 4.88 Å². The Balaban J connectivity index is 1.75. The summed E-state index contributed by atoms with van der Waals surface area (Å²) in [4.78, 5) is 17.2. The number of aryl methyl sites for hydroxylation is 1. The lowest BCUT2D eigenvalue weighted by molar-refractivity contribution is 0.0941. The van der Waals surface area contributed by atoms with E-state index in [1.54, 1.807) is 25.1 Å². The van der Waals surface area contributed by atoms with E-state index in [1.807, 2.05) is 0 Å². The molecule has 1 aliphatic carbocycles. The van der Waals surface area contributed by atoms with Crippen molar-refractivity contribution in [1.82, 2.24) is 10.3 Å². The number of rotatable bonds is 5. The topological polar surface area (TPSA) is 88.2 Å². The van der Waals surface area contributed by atoms with E-state index in [0.29, 0.717) is 10.6 Å². The first-order chi connectivity index (χ1) is 11.5. The Morgan fingerprint density at radius 1 is 1.21 bits per heavy atom. The Bertz CT molecular complexity index is 826. The molecule has 0 radical (unpaired) electrons. The number of carbonyl (C=O) groups excluding carboxylic acids is 1. The summed E-state index contributed by atoms with van der Waals surface area (Å²) in [6, 6.07) is 8.29. The molecule has 0 spiro atoms. The molecule has 1 amide bonds. The van der Waals surface area contributed by atoms with E-state index in [-0.39, 0.29) is 22.0 Å². The minimum absolute atomic E-state index is 0.162. The highest BCUT2D eigenvalue weighted by Gasteiger charge is 2.23. The van der Waals surface area contributed by atoms with Crippen molar-refractivity contribution in [2.45, 2.75) is 43.5 Å². The normalized spacial score (nSPS) is 15.4. The number of thiazole rings is 1. The van der Waals surface area contributed by atoms with E-state index in [0.717, 1.165) is 37.0 Å². The van der Waals surface area contributed by atoms with Crippen molar-refractivity contribution in [1.29, 1.82) is 0 Å². The maximum Gasteiger partial charge on any atom is 0.263 e. The van der Waals surface area contributed by atoms with Crippen LogP contribution in [0.3, 0.4) is 0 Å². The fourth-order valence-corrected chi connectivity index (χ4v) is 4.87. The first kappa shape index (κ1) is 16.9. The molecule has 2 N–H and O–H groups in total. The van der Waals surface area contributed by atoms with Gasteiger partial charge in [-0.2, -0.15) is 0 Å². The Hall–Kier alpha value is -1.93. The van der Waals surface area contributed by atoms with E-state index in [9.17, 15) is 13.2 Å². The van der Waals surface area contributed by atoms with E-state index >= 15 is 0 Å². The van der Waals surface area contributed by atoms with Gasteiger partial charge in [0, 0.05) is 6.04 Å². The zero-order valence-electron chi connectivity index (χ0n) is 13.3. The summed E-state index contributed by atoms with van der Waals surface area (Å²) in [5, 5.41) is 3.20. The number of benzene rings is 1. The van der Waals surface area contributed by atoms with E-state index < -0.39 is 10.0 Å². The van der Waals surface area contributed by atoms with Gasteiger partial charge in [0.25, 0.3) is 15.9 Å². The maximum absolute atomic E-state index is 12.4. The third-order valence-electron chi connectivity index (χ3n) is 3.97. The van der Waals surface area contributed by atoms with Gasteiger partial charge < -0.3 is 5.32 Å². The van der Waals surface area contributed by atoms with Gasteiger partial charge in [-0.05, 0) is 31.9 Å². The first-order valence-corrected chi connectivity index (χ1v) is 10.1. The minimum atomic E-state index is -3.70. The molecule has 1 aliphatic rings. The number of nitrogens with one attached hydrogen (secondary N) is 2.